The van der Waals surface area contributed by atoms with E-state index in [1.165, 1.54) is 27.4 Å². The Hall–Kier alpha value is -2.64. The number of fused-ring (bicyclic) bond motifs is 1. The summed E-state index contributed by atoms with van der Waals surface area (Å²) in [7, 11) is 4.55. The normalized spacial score (nSPS) is 17.3. The van der Waals surface area contributed by atoms with Crippen molar-refractivity contribution in [3.63, 3.8) is 0 Å². The molecule has 2 atom stereocenters. The SMILES string of the molecule is COc1cc([C@H](O)[C@@H]2NCCc3cc(O)c(O)cc32)cc(OC)c1OC. The number of nitrogens with one attached hydrogen (secondary N) is 1. The molecule has 2 aromatic carbocycles. The molecule has 0 radical (unpaired) electrons. The Morgan fingerprint density at radius 3 is 2.15 bits per heavy atom. The molecule has 0 spiro atoms. The van der Waals surface area contributed by atoms with Gasteiger partial charge in [-0.05, 0) is 53.9 Å². The molecule has 0 amide bonds. The number of aliphatic hydroxyl groups is 1. The van der Waals surface area contributed by atoms with E-state index in [9.17, 15) is 15.3 Å². The zero-order chi connectivity index (χ0) is 18.8. The topological polar surface area (TPSA) is 100 Å². The van der Waals surface area contributed by atoms with Gasteiger partial charge in [-0.25, -0.2) is 0 Å². The van der Waals surface area contributed by atoms with Gasteiger partial charge in [0.15, 0.2) is 23.0 Å². The lowest BCUT2D eigenvalue weighted by molar-refractivity contribution is 0.124. The fourth-order valence-electron chi connectivity index (χ4n) is 3.36. The molecule has 1 aliphatic rings. The Morgan fingerprint density at radius 2 is 1.58 bits per heavy atom. The van der Waals surface area contributed by atoms with Crippen molar-refractivity contribution in [2.24, 2.45) is 0 Å². The fraction of sp³-hybridized carbons (Fsp3) is 0.368. The van der Waals surface area contributed by atoms with Crippen molar-refractivity contribution in [1.29, 1.82) is 0 Å². The lowest BCUT2D eigenvalue weighted by atomic mass is 9.88. The van der Waals surface area contributed by atoms with Gasteiger partial charge in [-0.3, -0.25) is 0 Å². The summed E-state index contributed by atoms with van der Waals surface area (Å²) in [6, 6.07) is 5.97. The summed E-state index contributed by atoms with van der Waals surface area (Å²) in [5, 5.41) is 33.9. The molecule has 4 N–H and O–H groups in total. The van der Waals surface area contributed by atoms with Crippen LogP contribution in [0.3, 0.4) is 0 Å². The molecular weight excluding hydrogens is 338 g/mol. The van der Waals surface area contributed by atoms with Gasteiger partial charge in [0.25, 0.3) is 0 Å². The van der Waals surface area contributed by atoms with Crippen molar-refractivity contribution in [1.82, 2.24) is 5.32 Å². The first-order valence-electron chi connectivity index (χ1n) is 8.26. The van der Waals surface area contributed by atoms with Gasteiger partial charge < -0.3 is 34.8 Å². The summed E-state index contributed by atoms with van der Waals surface area (Å²) in [6.45, 7) is 0.642. The van der Waals surface area contributed by atoms with Crippen LogP contribution in [0.4, 0.5) is 0 Å². The Labute approximate surface area is 151 Å². The number of benzene rings is 2. The van der Waals surface area contributed by atoms with E-state index in [0.717, 1.165) is 11.1 Å². The summed E-state index contributed by atoms with van der Waals surface area (Å²) in [4.78, 5) is 0. The maximum absolute atomic E-state index is 11.0. The minimum atomic E-state index is -0.924. The third-order valence-electron chi connectivity index (χ3n) is 4.67. The second kappa shape index (κ2) is 7.31. The van der Waals surface area contributed by atoms with Crippen LogP contribution in [0.25, 0.3) is 0 Å². The number of phenolic OH excluding ortho intramolecular Hbond substituents is 2. The van der Waals surface area contributed by atoms with Gasteiger partial charge in [0.05, 0.1) is 33.5 Å². The molecule has 26 heavy (non-hydrogen) atoms. The van der Waals surface area contributed by atoms with Crippen LogP contribution in [0, 0.1) is 0 Å². The van der Waals surface area contributed by atoms with Crippen molar-refractivity contribution in [2.75, 3.05) is 27.9 Å². The Kier molecular flexibility index (Phi) is 5.11. The summed E-state index contributed by atoms with van der Waals surface area (Å²) in [5.74, 6) is 0.975. The van der Waals surface area contributed by atoms with Crippen LogP contribution in [0.2, 0.25) is 0 Å². The third-order valence-corrected chi connectivity index (χ3v) is 4.67. The van der Waals surface area contributed by atoms with Gasteiger partial charge in [0, 0.05) is 0 Å². The highest BCUT2D eigenvalue weighted by Gasteiger charge is 2.30. The fourth-order valence-corrected chi connectivity index (χ4v) is 3.36. The highest BCUT2D eigenvalue weighted by Crippen LogP contribution is 2.43. The highest BCUT2D eigenvalue weighted by molar-refractivity contribution is 5.55. The summed E-state index contributed by atoms with van der Waals surface area (Å²) < 4.78 is 16.0. The average Bonchev–Trinajstić information content (AvgIpc) is 2.66. The Morgan fingerprint density at radius 1 is 0.962 bits per heavy atom. The minimum Gasteiger partial charge on any atom is -0.504 e. The van der Waals surface area contributed by atoms with Crippen LogP contribution in [-0.4, -0.2) is 43.2 Å². The van der Waals surface area contributed by atoms with Crippen LogP contribution in [0.5, 0.6) is 28.7 Å². The second-order valence-electron chi connectivity index (χ2n) is 6.13. The monoisotopic (exact) mass is 361 g/mol. The number of aromatic hydroxyl groups is 2. The maximum Gasteiger partial charge on any atom is 0.203 e. The summed E-state index contributed by atoms with van der Waals surface area (Å²) in [6.07, 6.45) is -0.228. The number of hydrogen-bond donors (Lipinski definition) is 4. The number of ether oxygens (including phenoxy) is 3. The first-order valence-corrected chi connectivity index (χ1v) is 8.26. The molecule has 0 bridgehead atoms. The van der Waals surface area contributed by atoms with Crippen LogP contribution in [0.15, 0.2) is 24.3 Å². The van der Waals surface area contributed by atoms with Crippen LogP contribution < -0.4 is 19.5 Å². The molecule has 7 heteroatoms. The number of hydrogen-bond acceptors (Lipinski definition) is 7. The third kappa shape index (κ3) is 3.11. The number of phenols is 2. The van der Waals surface area contributed by atoms with Gasteiger partial charge in [0.2, 0.25) is 5.75 Å². The number of aliphatic hydroxyl groups excluding tert-OH is 1. The standard InChI is InChI=1S/C19H23NO6/c1-24-15-7-11(8-16(25-2)19(15)26-3)18(23)17-12-9-14(22)13(21)6-10(12)4-5-20-17/h6-9,17-18,20-23H,4-5H2,1-3H3/t17-,18+/m1/s1. The molecule has 1 aliphatic heterocycles. The molecule has 0 fully saturated rings. The van der Waals surface area contributed by atoms with Crippen molar-refractivity contribution >= 4 is 0 Å². The minimum absolute atomic E-state index is 0.160. The molecule has 3 rings (SSSR count). The van der Waals surface area contributed by atoms with Crippen molar-refractivity contribution in [3.8, 4) is 28.7 Å². The summed E-state index contributed by atoms with van der Waals surface area (Å²) >= 11 is 0. The number of rotatable bonds is 5. The predicted octanol–water partition coefficient (Wildman–Crippen LogP) is 2.04. The first kappa shape index (κ1) is 18.2. The van der Waals surface area contributed by atoms with Crippen molar-refractivity contribution < 1.29 is 29.5 Å². The Balaban J connectivity index is 2.03. The maximum atomic E-state index is 11.0. The van der Waals surface area contributed by atoms with E-state index in [2.05, 4.69) is 5.32 Å². The van der Waals surface area contributed by atoms with Gasteiger partial charge >= 0.3 is 0 Å². The molecule has 2 aromatic rings. The van der Waals surface area contributed by atoms with E-state index in [1.54, 1.807) is 18.2 Å². The van der Waals surface area contributed by atoms with Gasteiger partial charge in [0.1, 0.15) is 0 Å². The van der Waals surface area contributed by atoms with E-state index < -0.39 is 12.1 Å². The van der Waals surface area contributed by atoms with Crippen molar-refractivity contribution in [2.45, 2.75) is 18.6 Å². The molecule has 0 unspecified atom stereocenters. The largest absolute Gasteiger partial charge is 0.504 e. The van der Waals surface area contributed by atoms with Gasteiger partial charge in [-0.2, -0.15) is 0 Å². The molecule has 0 saturated carbocycles. The lowest BCUT2D eigenvalue weighted by Crippen LogP contribution is -2.34. The van der Waals surface area contributed by atoms with E-state index in [-0.39, 0.29) is 11.5 Å². The lowest BCUT2D eigenvalue weighted by Gasteiger charge is -2.31. The average molecular weight is 361 g/mol. The van der Waals surface area contributed by atoms with Crippen LogP contribution in [0.1, 0.15) is 28.8 Å². The zero-order valence-electron chi connectivity index (χ0n) is 14.9. The van der Waals surface area contributed by atoms with Crippen molar-refractivity contribution in [3.05, 3.63) is 41.0 Å². The molecule has 1 heterocycles. The quantitative estimate of drug-likeness (QED) is 0.605. The smallest absolute Gasteiger partial charge is 0.203 e. The molecular formula is C19H23NO6. The second-order valence-corrected chi connectivity index (χ2v) is 6.13. The molecule has 0 aromatic heterocycles. The van der Waals surface area contributed by atoms with Crippen LogP contribution >= 0.6 is 0 Å². The van der Waals surface area contributed by atoms with E-state index >= 15 is 0 Å². The Bertz CT molecular complexity index is 782. The van der Waals surface area contributed by atoms with E-state index in [1.807, 2.05) is 0 Å². The van der Waals surface area contributed by atoms with E-state index in [4.69, 9.17) is 14.2 Å². The van der Waals surface area contributed by atoms with Crippen LogP contribution in [-0.2, 0) is 6.42 Å². The van der Waals surface area contributed by atoms with Gasteiger partial charge in [-0.15, -0.1) is 0 Å². The van der Waals surface area contributed by atoms with Gasteiger partial charge in [-0.1, -0.05) is 0 Å². The summed E-state index contributed by atoms with van der Waals surface area (Å²) in [5.41, 5.74) is 2.21. The van der Waals surface area contributed by atoms with E-state index in [0.29, 0.717) is 35.8 Å². The molecule has 140 valence electrons. The first-order chi connectivity index (χ1) is 12.5. The molecule has 0 saturated heterocycles. The predicted molar refractivity (Wildman–Crippen MR) is 95.3 cm³/mol. The number of methoxy groups -OCH3 is 3. The zero-order valence-corrected chi connectivity index (χ0v) is 14.9. The molecule has 7 nitrogen and oxygen atoms in total. The highest BCUT2D eigenvalue weighted by atomic mass is 16.5. The molecule has 0 aliphatic carbocycles.